The predicted octanol–water partition coefficient (Wildman–Crippen LogP) is 3.01. The van der Waals surface area contributed by atoms with Crippen LogP contribution in [0.5, 0.6) is 5.75 Å². The van der Waals surface area contributed by atoms with Gasteiger partial charge in [-0.15, -0.1) is 0 Å². The zero-order valence-electron chi connectivity index (χ0n) is 10.7. The van der Waals surface area contributed by atoms with Gasteiger partial charge in [0.25, 0.3) is 0 Å². The van der Waals surface area contributed by atoms with Crippen LogP contribution in [0.2, 0.25) is 0 Å². The van der Waals surface area contributed by atoms with Gasteiger partial charge in [0, 0.05) is 28.7 Å². The van der Waals surface area contributed by atoms with Crippen molar-refractivity contribution in [1.82, 2.24) is 0 Å². The number of hydrogen-bond acceptors (Lipinski definition) is 4. The van der Waals surface area contributed by atoms with Gasteiger partial charge >= 0.3 is 0 Å². The highest BCUT2D eigenvalue weighted by atomic mass is 32.2. The molecule has 0 aromatic heterocycles. The lowest BCUT2D eigenvalue weighted by molar-refractivity contribution is 0.101. The number of phenols is 1. The molecule has 2 unspecified atom stereocenters. The molecule has 0 bridgehead atoms. The molecule has 1 aliphatic rings. The first-order valence-electron chi connectivity index (χ1n) is 6.14. The van der Waals surface area contributed by atoms with Crippen LogP contribution in [0.25, 0.3) is 0 Å². The minimum absolute atomic E-state index is 0.0267. The largest absolute Gasteiger partial charge is 0.508 e. The fourth-order valence-corrected chi connectivity index (χ4v) is 3.29. The van der Waals surface area contributed by atoms with Gasteiger partial charge in [-0.2, -0.15) is 11.8 Å². The Hall–Kier alpha value is -1.00. The maximum absolute atomic E-state index is 11.3. The summed E-state index contributed by atoms with van der Waals surface area (Å²) in [5, 5.41) is 10.3. The van der Waals surface area contributed by atoms with Crippen molar-refractivity contribution in [3.05, 3.63) is 29.3 Å². The van der Waals surface area contributed by atoms with E-state index in [1.807, 2.05) is 0 Å². The van der Waals surface area contributed by atoms with Crippen LogP contribution in [0.1, 0.15) is 36.2 Å². The number of benzene rings is 1. The number of ether oxygens (including phenoxy) is 1. The first-order valence-corrected chi connectivity index (χ1v) is 7.19. The molecule has 0 amide bonds. The Bertz CT molecular complexity index is 445. The molecular formula is C14H18O3S. The van der Waals surface area contributed by atoms with Crippen LogP contribution >= 0.6 is 11.8 Å². The van der Waals surface area contributed by atoms with E-state index >= 15 is 0 Å². The molecule has 1 aromatic carbocycles. The SMILES string of the molecule is CC(=O)c1ccc(O)c(CSC2CCOC2C)c1. The number of carbonyl (C=O) groups is 1. The number of phenolic OH excluding ortho intramolecular Hbond substituents is 1. The van der Waals surface area contributed by atoms with Crippen molar-refractivity contribution in [3.63, 3.8) is 0 Å². The highest BCUT2D eigenvalue weighted by Crippen LogP contribution is 2.31. The molecule has 0 saturated carbocycles. The van der Waals surface area contributed by atoms with Gasteiger partial charge in [-0.25, -0.2) is 0 Å². The van der Waals surface area contributed by atoms with Gasteiger partial charge in [-0.05, 0) is 38.5 Å². The van der Waals surface area contributed by atoms with Crippen molar-refractivity contribution in [3.8, 4) is 5.75 Å². The molecule has 98 valence electrons. The number of ketones is 1. The fraction of sp³-hybridized carbons (Fsp3) is 0.500. The van der Waals surface area contributed by atoms with Crippen molar-refractivity contribution in [1.29, 1.82) is 0 Å². The Kier molecular flexibility index (Phi) is 4.30. The van der Waals surface area contributed by atoms with E-state index in [1.54, 1.807) is 30.0 Å². The third-order valence-electron chi connectivity index (χ3n) is 3.25. The molecular weight excluding hydrogens is 248 g/mol. The second-order valence-corrected chi connectivity index (χ2v) is 5.84. The molecule has 0 aliphatic carbocycles. The molecule has 2 rings (SSSR count). The summed E-state index contributed by atoms with van der Waals surface area (Å²) in [5.74, 6) is 1.00. The van der Waals surface area contributed by atoms with Gasteiger partial charge in [0.05, 0.1) is 6.10 Å². The molecule has 2 atom stereocenters. The van der Waals surface area contributed by atoms with Crippen molar-refractivity contribution < 1.29 is 14.6 Å². The Morgan fingerprint density at radius 2 is 2.33 bits per heavy atom. The minimum atomic E-state index is 0.0267. The average molecular weight is 266 g/mol. The van der Waals surface area contributed by atoms with E-state index < -0.39 is 0 Å². The van der Waals surface area contributed by atoms with Gasteiger partial charge < -0.3 is 9.84 Å². The summed E-state index contributed by atoms with van der Waals surface area (Å²) < 4.78 is 5.51. The van der Waals surface area contributed by atoms with E-state index in [4.69, 9.17) is 4.74 Å². The molecule has 0 spiro atoms. The Labute approximate surface area is 112 Å². The molecule has 4 heteroatoms. The summed E-state index contributed by atoms with van der Waals surface area (Å²) in [6, 6.07) is 5.04. The third-order valence-corrected chi connectivity index (χ3v) is 4.77. The molecule has 0 radical (unpaired) electrons. The molecule has 18 heavy (non-hydrogen) atoms. The van der Waals surface area contributed by atoms with E-state index in [0.717, 1.165) is 18.6 Å². The summed E-state index contributed by atoms with van der Waals surface area (Å²) in [7, 11) is 0. The third kappa shape index (κ3) is 3.06. The Morgan fingerprint density at radius 3 is 2.94 bits per heavy atom. The lowest BCUT2D eigenvalue weighted by atomic mass is 10.1. The topological polar surface area (TPSA) is 46.5 Å². The zero-order chi connectivity index (χ0) is 13.1. The van der Waals surface area contributed by atoms with Crippen LogP contribution in [0.15, 0.2) is 18.2 Å². The van der Waals surface area contributed by atoms with Crippen molar-refractivity contribution in [2.24, 2.45) is 0 Å². The Morgan fingerprint density at radius 1 is 1.56 bits per heavy atom. The number of carbonyl (C=O) groups excluding carboxylic acids is 1. The maximum Gasteiger partial charge on any atom is 0.159 e. The van der Waals surface area contributed by atoms with Crippen molar-refractivity contribution >= 4 is 17.5 Å². The summed E-state index contributed by atoms with van der Waals surface area (Å²) in [6.45, 7) is 4.44. The molecule has 1 N–H and O–H groups in total. The van der Waals surface area contributed by atoms with Crippen molar-refractivity contribution in [2.75, 3.05) is 6.61 Å². The fourth-order valence-electron chi connectivity index (χ4n) is 2.05. The van der Waals surface area contributed by atoms with Crippen LogP contribution < -0.4 is 0 Å². The number of aromatic hydroxyl groups is 1. The lowest BCUT2D eigenvalue weighted by Crippen LogP contribution is -2.13. The van der Waals surface area contributed by atoms with Gasteiger partial charge in [0.15, 0.2) is 5.78 Å². The van der Waals surface area contributed by atoms with Gasteiger partial charge in [0.2, 0.25) is 0 Å². The quantitative estimate of drug-likeness (QED) is 0.851. The lowest BCUT2D eigenvalue weighted by Gasteiger charge is -2.14. The van der Waals surface area contributed by atoms with E-state index in [-0.39, 0.29) is 17.6 Å². The van der Waals surface area contributed by atoms with Gasteiger partial charge in [-0.3, -0.25) is 4.79 Å². The highest BCUT2D eigenvalue weighted by Gasteiger charge is 2.24. The normalized spacial score (nSPS) is 23.2. The van der Waals surface area contributed by atoms with Crippen LogP contribution in [0, 0.1) is 0 Å². The molecule has 3 nitrogen and oxygen atoms in total. The summed E-state index contributed by atoms with van der Waals surface area (Å²) in [6.07, 6.45) is 1.33. The molecule has 1 saturated heterocycles. The summed E-state index contributed by atoms with van der Waals surface area (Å²) in [4.78, 5) is 11.3. The van der Waals surface area contributed by atoms with E-state index in [2.05, 4.69) is 6.92 Å². The highest BCUT2D eigenvalue weighted by molar-refractivity contribution is 7.99. The Balaban J connectivity index is 2.04. The monoisotopic (exact) mass is 266 g/mol. The first-order chi connectivity index (χ1) is 8.58. The number of Topliss-reactive ketones (excluding diaryl/α,β-unsaturated/α-hetero) is 1. The van der Waals surface area contributed by atoms with Gasteiger partial charge in [0.1, 0.15) is 5.75 Å². The molecule has 1 fully saturated rings. The van der Waals surface area contributed by atoms with Gasteiger partial charge in [-0.1, -0.05) is 0 Å². The minimum Gasteiger partial charge on any atom is -0.508 e. The second kappa shape index (κ2) is 5.76. The average Bonchev–Trinajstić information content (AvgIpc) is 2.73. The van der Waals surface area contributed by atoms with Crippen LogP contribution in [-0.4, -0.2) is 28.9 Å². The van der Waals surface area contributed by atoms with Crippen LogP contribution in [-0.2, 0) is 10.5 Å². The van der Waals surface area contributed by atoms with E-state index in [0.29, 0.717) is 16.6 Å². The van der Waals surface area contributed by atoms with E-state index in [1.165, 1.54) is 6.92 Å². The standard InChI is InChI=1S/C14H18O3S/c1-9(15)11-3-4-13(16)12(7-11)8-18-14-5-6-17-10(14)2/h3-4,7,10,14,16H,5-6,8H2,1-2H3. The number of thioether (sulfide) groups is 1. The van der Waals surface area contributed by atoms with E-state index in [9.17, 15) is 9.90 Å². The number of hydrogen-bond donors (Lipinski definition) is 1. The molecule has 1 aromatic rings. The van der Waals surface area contributed by atoms with Crippen LogP contribution in [0.4, 0.5) is 0 Å². The molecule has 1 aliphatic heterocycles. The zero-order valence-corrected chi connectivity index (χ0v) is 11.5. The van der Waals surface area contributed by atoms with Crippen molar-refractivity contribution in [2.45, 2.75) is 37.4 Å². The summed E-state index contributed by atoms with van der Waals surface area (Å²) >= 11 is 1.78. The summed E-state index contributed by atoms with van der Waals surface area (Å²) in [5.41, 5.74) is 1.48. The number of rotatable bonds is 4. The smallest absolute Gasteiger partial charge is 0.159 e. The first kappa shape index (κ1) is 13.4. The second-order valence-electron chi connectivity index (χ2n) is 4.61. The maximum atomic E-state index is 11.3. The van der Waals surface area contributed by atoms with Crippen LogP contribution in [0.3, 0.4) is 0 Å². The molecule has 1 heterocycles. The predicted molar refractivity (Wildman–Crippen MR) is 73.2 cm³/mol.